The zero-order valence-electron chi connectivity index (χ0n) is 19.3. The average molecular weight is 487 g/mol. The first kappa shape index (κ1) is 23.8. The molecule has 1 aromatic carbocycles. The number of benzene rings is 1. The lowest BCUT2D eigenvalue weighted by molar-refractivity contribution is -0.113. The lowest BCUT2D eigenvalue weighted by Crippen LogP contribution is -2.36. The number of nitrogens with one attached hydrogen (secondary N) is 2. The summed E-state index contributed by atoms with van der Waals surface area (Å²) in [6.45, 7) is 9.64. The predicted octanol–water partition coefficient (Wildman–Crippen LogP) is 4.45. The molecule has 176 valence electrons. The molecule has 2 N–H and O–H groups in total. The van der Waals surface area contributed by atoms with Crippen LogP contribution in [0.2, 0.25) is 0 Å². The van der Waals surface area contributed by atoms with Crippen molar-refractivity contribution >= 4 is 50.6 Å². The van der Waals surface area contributed by atoms with Gasteiger partial charge < -0.3 is 19.9 Å². The highest BCUT2D eigenvalue weighted by Crippen LogP contribution is 2.30. The highest BCUT2D eigenvalue weighted by molar-refractivity contribution is 7.99. The van der Waals surface area contributed by atoms with E-state index in [-0.39, 0.29) is 17.2 Å². The number of thiophene rings is 1. The van der Waals surface area contributed by atoms with Gasteiger partial charge in [-0.3, -0.25) is 9.59 Å². The fourth-order valence-electron chi connectivity index (χ4n) is 3.87. The first-order valence-corrected chi connectivity index (χ1v) is 13.1. The Kier molecular flexibility index (Phi) is 7.72. The number of morpholine rings is 1. The van der Waals surface area contributed by atoms with Crippen molar-refractivity contribution in [1.29, 1.82) is 0 Å². The van der Waals surface area contributed by atoms with E-state index in [9.17, 15) is 9.59 Å². The van der Waals surface area contributed by atoms with Crippen molar-refractivity contribution in [2.45, 2.75) is 38.8 Å². The van der Waals surface area contributed by atoms with Gasteiger partial charge in [0.05, 0.1) is 24.4 Å². The molecule has 0 radical (unpaired) electrons. The quantitative estimate of drug-likeness (QED) is 0.361. The van der Waals surface area contributed by atoms with Crippen molar-refractivity contribution in [1.82, 2.24) is 9.97 Å². The van der Waals surface area contributed by atoms with Crippen molar-refractivity contribution in [3.05, 3.63) is 45.1 Å². The van der Waals surface area contributed by atoms with Crippen molar-refractivity contribution in [3.63, 3.8) is 0 Å². The van der Waals surface area contributed by atoms with E-state index in [1.807, 2.05) is 31.2 Å². The molecule has 1 atom stereocenters. The summed E-state index contributed by atoms with van der Waals surface area (Å²) in [5.74, 6) is 0.548. The third-order valence-electron chi connectivity index (χ3n) is 5.96. The summed E-state index contributed by atoms with van der Waals surface area (Å²) in [7, 11) is 0. The number of ether oxygens (including phenoxy) is 1. The Bertz CT molecular complexity index is 1170. The number of hydrogen-bond donors (Lipinski definition) is 2. The number of hydrogen-bond acceptors (Lipinski definition) is 7. The molecule has 0 bridgehead atoms. The van der Waals surface area contributed by atoms with Crippen molar-refractivity contribution in [2.24, 2.45) is 5.92 Å². The van der Waals surface area contributed by atoms with Crippen LogP contribution in [-0.4, -0.2) is 47.9 Å². The first-order valence-electron chi connectivity index (χ1n) is 11.3. The van der Waals surface area contributed by atoms with Gasteiger partial charge in [0.1, 0.15) is 4.83 Å². The van der Waals surface area contributed by atoms with Crippen molar-refractivity contribution in [3.8, 4) is 0 Å². The van der Waals surface area contributed by atoms with Crippen LogP contribution in [0.15, 0.2) is 34.2 Å². The molecule has 3 heterocycles. The minimum atomic E-state index is -0.137. The smallest absolute Gasteiger partial charge is 0.260 e. The summed E-state index contributed by atoms with van der Waals surface area (Å²) in [5, 5.41) is 4.09. The normalized spacial score (nSPS) is 15.1. The molecule has 1 aliphatic heterocycles. The maximum Gasteiger partial charge on any atom is 0.260 e. The molecule has 1 amide bonds. The molecule has 3 aromatic rings. The third kappa shape index (κ3) is 5.77. The van der Waals surface area contributed by atoms with Crippen LogP contribution in [0.3, 0.4) is 0 Å². The second kappa shape index (κ2) is 10.7. The van der Waals surface area contributed by atoms with Crippen LogP contribution in [0.5, 0.6) is 0 Å². The van der Waals surface area contributed by atoms with Crippen LogP contribution in [0.25, 0.3) is 10.2 Å². The molecule has 9 heteroatoms. The summed E-state index contributed by atoms with van der Waals surface area (Å²) in [6.07, 6.45) is 1.95. The lowest BCUT2D eigenvalue weighted by atomic mass is 9.98. The number of anilines is 2. The first-order chi connectivity index (χ1) is 15.9. The Morgan fingerprint density at radius 3 is 2.73 bits per heavy atom. The van der Waals surface area contributed by atoms with E-state index in [4.69, 9.17) is 4.74 Å². The monoisotopic (exact) mass is 486 g/mol. The summed E-state index contributed by atoms with van der Waals surface area (Å²) in [4.78, 5) is 36.9. The van der Waals surface area contributed by atoms with Crippen LogP contribution in [0, 0.1) is 12.8 Å². The summed E-state index contributed by atoms with van der Waals surface area (Å²) >= 11 is 2.79. The number of amides is 1. The summed E-state index contributed by atoms with van der Waals surface area (Å²) in [5.41, 5.74) is 2.86. The number of thioether (sulfide) groups is 1. The number of aromatic amines is 1. The van der Waals surface area contributed by atoms with Gasteiger partial charge in [0.15, 0.2) is 5.16 Å². The molecule has 1 unspecified atom stereocenters. The number of aryl methyl sites for hydroxylation is 1. The van der Waals surface area contributed by atoms with E-state index in [0.717, 1.165) is 65.8 Å². The Morgan fingerprint density at radius 2 is 2.03 bits per heavy atom. The van der Waals surface area contributed by atoms with E-state index in [1.165, 1.54) is 11.8 Å². The number of fused-ring (bicyclic) bond motifs is 1. The second-order valence-corrected chi connectivity index (χ2v) is 10.6. The minimum absolute atomic E-state index is 0.121. The number of H-pyrrole nitrogens is 1. The fraction of sp³-hybridized carbons (Fsp3) is 0.458. The molecule has 0 spiro atoms. The van der Waals surface area contributed by atoms with Gasteiger partial charge in [0, 0.05) is 29.3 Å². The van der Waals surface area contributed by atoms with Crippen molar-refractivity contribution in [2.75, 3.05) is 42.3 Å². The average Bonchev–Trinajstić information content (AvgIpc) is 3.13. The molecule has 33 heavy (non-hydrogen) atoms. The van der Waals surface area contributed by atoms with Gasteiger partial charge >= 0.3 is 0 Å². The lowest BCUT2D eigenvalue weighted by Gasteiger charge is -2.28. The molecule has 2 aromatic heterocycles. The molecule has 1 aliphatic rings. The highest BCUT2D eigenvalue weighted by Gasteiger charge is 2.17. The maximum atomic E-state index is 12.8. The largest absolute Gasteiger partial charge is 0.378 e. The minimum Gasteiger partial charge on any atom is -0.378 e. The number of nitrogens with zero attached hydrogens (tertiary/aromatic N) is 2. The van der Waals surface area contributed by atoms with Crippen LogP contribution < -0.4 is 15.8 Å². The molecule has 0 aliphatic carbocycles. The number of rotatable bonds is 8. The van der Waals surface area contributed by atoms with Crippen LogP contribution in [-0.2, 0) is 16.0 Å². The van der Waals surface area contributed by atoms with Gasteiger partial charge in [-0.1, -0.05) is 32.0 Å². The van der Waals surface area contributed by atoms with Crippen LogP contribution in [0.1, 0.15) is 30.7 Å². The molecule has 1 saturated heterocycles. The molecule has 0 saturated carbocycles. The third-order valence-corrected chi connectivity index (χ3v) is 7.87. The van der Waals surface area contributed by atoms with E-state index in [1.54, 1.807) is 11.3 Å². The Balaban J connectivity index is 1.38. The zero-order valence-corrected chi connectivity index (χ0v) is 20.9. The molecular weight excluding hydrogens is 456 g/mol. The Hall–Kier alpha value is -2.36. The molecule has 1 fully saturated rings. The van der Waals surface area contributed by atoms with E-state index in [0.29, 0.717) is 16.5 Å². The van der Waals surface area contributed by atoms with Crippen LogP contribution in [0.4, 0.5) is 11.4 Å². The Morgan fingerprint density at radius 1 is 1.30 bits per heavy atom. The maximum absolute atomic E-state index is 12.8. The van der Waals surface area contributed by atoms with Gasteiger partial charge in [-0.05, 0) is 49.1 Å². The number of carbonyl (C=O) groups is 1. The van der Waals surface area contributed by atoms with E-state index >= 15 is 0 Å². The van der Waals surface area contributed by atoms with E-state index < -0.39 is 0 Å². The van der Waals surface area contributed by atoms with Gasteiger partial charge in [0.2, 0.25) is 5.91 Å². The standard InChI is InChI=1S/C24H30N4O3S2/c1-4-15(2)13-19-16(3)33-23-21(19)22(30)26-24(27-23)32-14-20(29)25-17-5-7-18(8-6-17)28-9-11-31-12-10-28/h5-8,15H,4,9-14H2,1-3H3,(H,25,29)(H,26,27,30). The van der Waals surface area contributed by atoms with Gasteiger partial charge in [0.25, 0.3) is 5.56 Å². The molecule has 4 rings (SSSR count). The summed E-state index contributed by atoms with van der Waals surface area (Å²) in [6, 6.07) is 7.84. The molecular formula is C24H30N4O3S2. The van der Waals surface area contributed by atoms with Gasteiger partial charge in [-0.2, -0.15) is 0 Å². The van der Waals surface area contributed by atoms with Gasteiger partial charge in [-0.15, -0.1) is 11.3 Å². The highest BCUT2D eigenvalue weighted by atomic mass is 32.2. The Labute approximate surface area is 201 Å². The predicted molar refractivity (Wildman–Crippen MR) is 137 cm³/mol. The van der Waals surface area contributed by atoms with Crippen LogP contribution >= 0.6 is 23.1 Å². The number of carbonyl (C=O) groups excluding carboxylic acids is 1. The SMILES string of the molecule is CCC(C)Cc1c(C)sc2nc(SCC(=O)Nc3ccc(N4CCOCC4)cc3)[nH]c(=O)c12. The second-order valence-electron chi connectivity index (χ2n) is 8.39. The zero-order chi connectivity index (χ0) is 23.4. The number of aromatic nitrogens is 2. The fourth-order valence-corrected chi connectivity index (χ4v) is 5.64. The van der Waals surface area contributed by atoms with Gasteiger partial charge in [-0.25, -0.2) is 4.98 Å². The topological polar surface area (TPSA) is 87.3 Å². The van der Waals surface area contributed by atoms with E-state index in [2.05, 4.69) is 34.0 Å². The summed E-state index contributed by atoms with van der Waals surface area (Å²) < 4.78 is 5.39. The molecule has 7 nitrogen and oxygen atoms in total. The van der Waals surface area contributed by atoms with Crippen molar-refractivity contribution < 1.29 is 9.53 Å².